The fourth-order valence-corrected chi connectivity index (χ4v) is 3.57. The van der Waals surface area contributed by atoms with E-state index in [1.165, 1.54) is 23.7 Å². The average molecular weight is 381 g/mol. The van der Waals surface area contributed by atoms with Gasteiger partial charge in [0.25, 0.3) is 5.56 Å². The molecule has 26 heavy (non-hydrogen) atoms. The van der Waals surface area contributed by atoms with Crippen molar-refractivity contribution in [3.63, 3.8) is 0 Å². The van der Waals surface area contributed by atoms with Gasteiger partial charge in [0.1, 0.15) is 5.82 Å². The van der Waals surface area contributed by atoms with E-state index in [-0.39, 0.29) is 23.1 Å². The molecule has 2 aromatic rings. The molecule has 1 aromatic heterocycles. The number of nitrogens with zero attached hydrogens (tertiary/aromatic N) is 3. The van der Waals surface area contributed by atoms with Crippen molar-refractivity contribution in [1.29, 1.82) is 0 Å². The molecule has 0 aliphatic carbocycles. The van der Waals surface area contributed by atoms with Crippen LogP contribution in [0.2, 0.25) is 5.02 Å². The second kappa shape index (κ2) is 7.73. The molecule has 1 aliphatic rings. The largest absolute Gasteiger partial charge is 0.330 e. The van der Waals surface area contributed by atoms with Crippen molar-refractivity contribution >= 4 is 11.6 Å². The molecule has 1 atom stereocenters. The third kappa shape index (κ3) is 3.90. The maximum absolute atomic E-state index is 13.3. The Balaban J connectivity index is 1.92. The standard InChI is InChI=1S/C18H22ClFN4O2/c1-22-9-13(17(25)23(2)18(22)26)11-24(15-5-6-21-8-15)10-12-3-4-14(20)7-16(12)19/h3-4,7,9,15,21H,5-6,8,10-11H2,1-2H3/t15-/m1/s1. The molecule has 0 amide bonds. The van der Waals surface area contributed by atoms with Crippen molar-refractivity contribution in [2.45, 2.75) is 25.6 Å². The van der Waals surface area contributed by atoms with Crippen LogP contribution in [-0.2, 0) is 27.2 Å². The molecule has 2 heterocycles. The molecule has 1 aliphatic heterocycles. The highest BCUT2D eigenvalue weighted by molar-refractivity contribution is 6.31. The number of hydrogen-bond acceptors (Lipinski definition) is 4. The molecular weight excluding hydrogens is 359 g/mol. The van der Waals surface area contributed by atoms with Gasteiger partial charge in [0.05, 0.1) is 0 Å². The lowest BCUT2D eigenvalue weighted by Gasteiger charge is -2.28. The Bertz CT molecular complexity index is 918. The average Bonchev–Trinajstić information content (AvgIpc) is 3.13. The minimum absolute atomic E-state index is 0.234. The molecule has 0 saturated carbocycles. The van der Waals surface area contributed by atoms with Crippen LogP contribution in [0.3, 0.4) is 0 Å². The van der Waals surface area contributed by atoms with Gasteiger partial charge in [-0.15, -0.1) is 0 Å². The van der Waals surface area contributed by atoms with Gasteiger partial charge in [0, 0.05) is 56.6 Å². The minimum Gasteiger partial charge on any atom is -0.315 e. The molecule has 140 valence electrons. The van der Waals surface area contributed by atoms with Crippen LogP contribution < -0.4 is 16.6 Å². The summed E-state index contributed by atoms with van der Waals surface area (Å²) in [6.45, 7) is 2.60. The topological polar surface area (TPSA) is 59.3 Å². The van der Waals surface area contributed by atoms with Gasteiger partial charge in [-0.2, -0.15) is 0 Å². The number of nitrogens with one attached hydrogen (secondary N) is 1. The maximum atomic E-state index is 13.3. The second-order valence-electron chi connectivity index (χ2n) is 6.70. The number of benzene rings is 1. The maximum Gasteiger partial charge on any atom is 0.330 e. The summed E-state index contributed by atoms with van der Waals surface area (Å²) in [5, 5.41) is 3.69. The quantitative estimate of drug-likeness (QED) is 0.848. The Kier molecular flexibility index (Phi) is 5.60. The van der Waals surface area contributed by atoms with Crippen LogP contribution in [0.1, 0.15) is 17.5 Å². The van der Waals surface area contributed by atoms with Gasteiger partial charge < -0.3 is 9.88 Å². The molecule has 1 aromatic carbocycles. The van der Waals surface area contributed by atoms with Gasteiger partial charge in [-0.25, -0.2) is 9.18 Å². The monoisotopic (exact) mass is 380 g/mol. The van der Waals surface area contributed by atoms with E-state index in [0.717, 1.165) is 29.6 Å². The number of rotatable bonds is 5. The van der Waals surface area contributed by atoms with Gasteiger partial charge in [-0.1, -0.05) is 17.7 Å². The second-order valence-corrected chi connectivity index (χ2v) is 7.11. The van der Waals surface area contributed by atoms with E-state index in [0.29, 0.717) is 23.7 Å². The van der Waals surface area contributed by atoms with Gasteiger partial charge in [-0.3, -0.25) is 14.3 Å². The third-order valence-electron chi connectivity index (χ3n) is 4.83. The van der Waals surface area contributed by atoms with Crippen LogP contribution in [0.25, 0.3) is 0 Å². The Morgan fingerprint density at radius 2 is 2.00 bits per heavy atom. The minimum atomic E-state index is -0.375. The van der Waals surface area contributed by atoms with Gasteiger partial charge >= 0.3 is 5.69 Å². The highest BCUT2D eigenvalue weighted by Gasteiger charge is 2.24. The highest BCUT2D eigenvalue weighted by atomic mass is 35.5. The lowest BCUT2D eigenvalue weighted by atomic mass is 10.1. The molecule has 3 rings (SSSR count). The molecule has 1 saturated heterocycles. The molecule has 0 unspecified atom stereocenters. The number of halogens is 2. The lowest BCUT2D eigenvalue weighted by molar-refractivity contribution is 0.188. The highest BCUT2D eigenvalue weighted by Crippen LogP contribution is 2.22. The summed E-state index contributed by atoms with van der Waals surface area (Å²) in [6, 6.07) is 4.59. The van der Waals surface area contributed by atoms with E-state index in [1.54, 1.807) is 19.3 Å². The Labute approximate surface area is 155 Å². The molecule has 8 heteroatoms. The van der Waals surface area contributed by atoms with Crippen molar-refractivity contribution in [2.24, 2.45) is 14.1 Å². The zero-order valence-corrected chi connectivity index (χ0v) is 15.6. The van der Waals surface area contributed by atoms with Gasteiger partial charge in [-0.05, 0) is 30.7 Å². The SMILES string of the molecule is Cn1cc(CN(Cc2ccc(F)cc2Cl)[C@@H]2CCNC2)c(=O)n(C)c1=O. The molecule has 6 nitrogen and oxygen atoms in total. The first-order chi connectivity index (χ1) is 12.4. The van der Waals surface area contributed by atoms with Crippen molar-refractivity contribution < 1.29 is 4.39 Å². The predicted molar refractivity (Wildman–Crippen MR) is 98.9 cm³/mol. The number of hydrogen-bond donors (Lipinski definition) is 1. The van der Waals surface area contributed by atoms with E-state index < -0.39 is 0 Å². The summed E-state index contributed by atoms with van der Waals surface area (Å²) in [5.74, 6) is -0.375. The van der Waals surface area contributed by atoms with Crippen molar-refractivity contribution in [3.05, 3.63) is 67.2 Å². The van der Waals surface area contributed by atoms with Crippen molar-refractivity contribution in [2.75, 3.05) is 13.1 Å². The first kappa shape index (κ1) is 18.8. The zero-order chi connectivity index (χ0) is 18.8. The third-order valence-corrected chi connectivity index (χ3v) is 5.18. The summed E-state index contributed by atoms with van der Waals surface area (Å²) in [6.07, 6.45) is 2.54. The summed E-state index contributed by atoms with van der Waals surface area (Å²) >= 11 is 6.19. The molecule has 0 spiro atoms. The van der Waals surface area contributed by atoms with Gasteiger partial charge in [0.15, 0.2) is 0 Å². The number of aromatic nitrogens is 2. The first-order valence-electron chi connectivity index (χ1n) is 8.51. The van der Waals surface area contributed by atoms with E-state index in [2.05, 4.69) is 10.2 Å². The van der Waals surface area contributed by atoms with E-state index >= 15 is 0 Å². The van der Waals surface area contributed by atoms with Crippen LogP contribution in [0.4, 0.5) is 4.39 Å². The zero-order valence-electron chi connectivity index (χ0n) is 14.8. The van der Waals surface area contributed by atoms with E-state index in [4.69, 9.17) is 11.6 Å². The molecule has 0 radical (unpaired) electrons. The summed E-state index contributed by atoms with van der Waals surface area (Å²) in [4.78, 5) is 26.5. The Morgan fingerprint density at radius 3 is 2.65 bits per heavy atom. The molecule has 1 N–H and O–H groups in total. The van der Waals surface area contributed by atoms with E-state index in [9.17, 15) is 14.0 Å². The van der Waals surface area contributed by atoms with Crippen LogP contribution in [0, 0.1) is 5.82 Å². The van der Waals surface area contributed by atoms with Crippen LogP contribution >= 0.6 is 11.6 Å². The fraction of sp³-hybridized carbons (Fsp3) is 0.444. The summed E-state index contributed by atoms with van der Waals surface area (Å²) in [5.41, 5.74) is 0.699. The van der Waals surface area contributed by atoms with Crippen LogP contribution in [-0.4, -0.2) is 33.2 Å². The molecule has 0 bridgehead atoms. The van der Waals surface area contributed by atoms with Crippen molar-refractivity contribution in [1.82, 2.24) is 19.4 Å². The Hall–Kier alpha value is -1.96. The van der Waals surface area contributed by atoms with Crippen LogP contribution in [0.5, 0.6) is 0 Å². The molecular formula is C18H22ClFN4O2. The first-order valence-corrected chi connectivity index (χ1v) is 8.89. The smallest absolute Gasteiger partial charge is 0.315 e. The van der Waals surface area contributed by atoms with E-state index in [1.807, 2.05) is 0 Å². The fourth-order valence-electron chi connectivity index (χ4n) is 3.34. The summed E-state index contributed by atoms with van der Waals surface area (Å²) < 4.78 is 15.9. The Morgan fingerprint density at radius 1 is 1.27 bits per heavy atom. The summed E-state index contributed by atoms with van der Waals surface area (Å²) in [7, 11) is 3.11. The van der Waals surface area contributed by atoms with Crippen molar-refractivity contribution in [3.8, 4) is 0 Å². The van der Waals surface area contributed by atoms with Gasteiger partial charge in [0.2, 0.25) is 0 Å². The lowest BCUT2D eigenvalue weighted by Crippen LogP contribution is -2.42. The molecule has 1 fully saturated rings. The normalized spacial score (nSPS) is 17.2. The predicted octanol–water partition coefficient (Wildman–Crippen LogP) is 1.24. The van der Waals surface area contributed by atoms with Crippen LogP contribution in [0.15, 0.2) is 34.0 Å². The number of aryl methyl sites for hydroxylation is 1.